The molecule has 0 aliphatic carbocycles. The highest BCUT2D eigenvalue weighted by atomic mass is 16.3. The standard InChI is InChI=1S/C25H39N5O/c1-3-11-30-21(2)23(18-26-30)19-28-13-10-24(25(31)20-28)29-16-14-27(15-17-29)12-9-22-7-5-4-6-8-22/h4-8,18,24-25,31H,3,9-17,19-20H2,1-2H3/t24-,25-/m0/s1. The number of benzene rings is 1. The average molecular weight is 426 g/mol. The number of β-amino-alcohol motifs (C(OH)–C–C–N with tert-alkyl or cyclic N) is 1. The van der Waals surface area contributed by atoms with Crippen molar-refractivity contribution in [2.75, 3.05) is 45.8 Å². The summed E-state index contributed by atoms with van der Waals surface area (Å²) >= 11 is 0. The lowest BCUT2D eigenvalue weighted by molar-refractivity contribution is -0.0308. The van der Waals surface area contributed by atoms with Gasteiger partial charge >= 0.3 is 0 Å². The third kappa shape index (κ3) is 5.75. The van der Waals surface area contributed by atoms with Crippen molar-refractivity contribution in [1.29, 1.82) is 0 Å². The van der Waals surface area contributed by atoms with Crippen molar-refractivity contribution < 1.29 is 5.11 Å². The van der Waals surface area contributed by atoms with Gasteiger partial charge in [0.2, 0.25) is 0 Å². The van der Waals surface area contributed by atoms with E-state index < -0.39 is 0 Å². The van der Waals surface area contributed by atoms with Crippen LogP contribution in [0.5, 0.6) is 0 Å². The Hall–Kier alpha value is -1.73. The number of hydrogen-bond acceptors (Lipinski definition) is 5. The summed E-state index contributed by atoms with van der Waals surface area (Å²) in [6.45, 7) is 13.5. The molecule has 2 fully saturated rings. The van der Waals surface area contributed by atoms with E-state index in [1.54, 1.807) is 0 Å². The van der Waals surface area contributed by atoms with Crippen LogP contribution in [0.1, 0.15) is 36.6 Å². The van der Waals surface area contributed by atoms with E-state index in [1.165, 1.54) is 16.8 Å². The molecule has 0 saturated carbocycles. The van der Waals surface area contributed by atoms with E-state index in [0.29, 0.717) is 6.04 Å². The maximum atomic E-state index is 10.9. The molecule has 4 rings (SSSR count). The molecular formula is C25H39N5O. The van der Waals surface area contributed by atoms with Crippen molar-refractivity contribution in [3.63, 3.8) is 0 Å². The minimum atomic E-state index is -0.268. The van der Waals surface area contributed by atoms with Crippen molar-refractivity contribution >= 4 is 0 Å². The van der Waals surface area contributed by atoms with Crippen molar-refractivity contribution in [2.24, 2.45) is 0 Å². The summed E-state index contributed by atoms with van der Waals surface area (Å²) < 4.78 is 2.11. The minimum Gasteiger partial charge on any atom is -0.390 e. The van der Waals surface area contributed by atoms with Gasteiger partial charge in [-0.15, -0.1) is 0 Å². The lowest BCUT2D eigenvalue weighted by Gasteiger charge is -2.45. The second kappa shape index (κ2) is 10.7. The number of piperidine rings is 1. The second-order valence-corrected chi connectivity index (χ2v) is 9.25. The third-order valence-electron chi connectivity index (χ3n) is 7.10. The average Bonchev–Trinajstić information content (AvgIpc) is 3.13. The van der Waals surface area contributed by atoms with E-state index >= 15 is 0 Å². The first-order valence-corrected chi connectivity index (χ1v) is 12.1. The topological polar surface area (TPSA) is 47.8 Å². The zero-order chi connectivity index (χ0) is 21.6. The number of nitrogens with zero attached hydrogens (tertiary/aromatic N) is 5. The molecule has 2 atom stereocenters. The quantitative estimate of drug-likeness (QED) is 0.704. The van der Waals surface area contributed by atoms with Crippen molar-refractivity contribution in [3.8, 4) is 0 Å². The van der Waals surface area contributed by atoms with Crippen molar-refractivity contribution in [3.05, 3.63) is 53.3 Å². The van der Waals surface area contributed by atoms with Crippen LogP contribution in [-0.4, -0.2) is 87.5 Å². The number of aromatic nitrogens is 2. The predicted octanol–water partition coefficient (Wildman–Crippen LogP) is 2.40. The van der Waals surface area contributed by atoms with Crippen molar-refractivity contribution in [1.82, 2.24) is 24.5 Å². The van der Waals surface area contributed by atoms with Gasteiger partial charge in [0.25, 0.3) is 0 Å². The van der Waals surface area contributed by atoms with Gasteiger partial charge in [0.15, 0.2) is 0 Å². The first-order chi connectivity index (χ1) is 15.1. The largest absolute Gasteiger partial charge is 0.390 e. The van der Waals surface area contributed by atoms with E-state index in [4.69, 9.17) is 0 Å². The molecule has 1 aromatic heterocycles. The molecule has 6 nitrogen and oxygen atoms in total. The third-order valence-corrected chi connectivity index (χ3v) is 7.10. The SMILES string of the molecule is CCCn1ncc(CN2CC[C@H](N3CCN(CCc4ccccc4)CC3)[C@@H](O)C2)c1C. The number of aryl methyl sites for hydroxylation is 1. The molecule has 31 heavy (non-hydrogen) atoms. The Morgan fingerprint density at radius 2 is 1.77 bits per heavy atom. The van der Waals surface area contributed by atoms with E-state index in [-0.39, 0.29) is 6.10 Å². The highest BCUT2D eigenvalue weighted by Gasteiger charge is 2.33. The van der Waals surface area contributed by atoms with E-state index in [2.05, 4.69) is 68.7 Å². The van der Waals surface area contributed by atoms with Crippen LogP contribution in [-0.2, 0) is 19.5 Å². The lowest BCUT2D eigenvalue weighted by Crippen LogP contribution is -2.58. The van der Waals surface area contributed by atoms with Crippen LogP contribution in [0.4, 0.5) is 0 Å². The van der Waals surface area contributed by atoms with Gasteiger partial charge in [-0.2, -0.15) is 5.10 Å². The number of likely N-dealkylation sites (tertiary alicyclic amines) is 1. The van der Waals surface area contributed by atoms with Gasteiger partial charge in [0, 0.05) is 76.2 Å². The summed E-state index contributed by atoms with van der Waals surface area (Å²) in [4.78, 5) is 7.50. The number of rotatable bonds is 8. The summed E-state index contributed by atoms with van der Waals surface area (Å²) in [5.41, 5.74) is 3.99. The van der Waals surface area contributed by atoms with Crippen LogP contribution in [0.3, 0.4) is 0 Å². The van der Waals surface area contributed by atoms with E-state index in [9.17, 15) is 5.11 Å². The van der Waals surface area contributed by atoms with Gasteiger partial charge in [0.1, 0.15) is 0 Å². The molecule has 1 N–H and O–H groups in total. The summed E-state index contributed by atoms with van der Waals surface area (Å²) in [6, 6.07) is 11.1. The van der Waals surface area contributed by atoms with Crippen LogP contribution in [0.25, 0.3) is 0 Å². The molecule has 0 spiro atoms. The second-order valence-electron chi connectivity index (χ2n) is 9.25. The Bertz CT molecular complexity index is 799. The molecule has 3 heterocycles. The molecule has 2 aromatic rings. The van der Waals surface area contributed by atoms with Gasteiger partial charge in [0.05, 0.1) is 12.3 Å². The van der Waals surface area contributed by atoms with Crippen LogP contribution < -0.4 is 0 Å². The fourth-order valence-electron chi connectivity index (χ4n) is 5.12. The number of aliphatic hydroxyl groups excluding tert-OH is 1. The van der Waals surface area contributed by atoms with Gasteiger partial charge in [-0.25, -0.2) is 0 Å². The number of piperazine rings is 1. The van der Waals surface area contributed by atoms with Gasteiger partial charge in [-0.3, -0.25) is 14.5 Å². The summed E-state index contributed by atoms with van der Waals surface area (Å²) in [7, 11) is 0. The van der Waals surface area contributed by atoms with Crippen LogP contribution in [0, 0.1) is 6.92 Å². The number of hydrogen-bond donors (Lipinski definition) is 1. The van der Waals surface area contributed by atoms with Crippen LogP contribution in [0.2, 0.25) is 0 Å². The fraction of sp³-hybridized carbons (Fsp3) is 0.640. The first-order valence-electron chi connectivity index (χ1n) is 12.1. The molecule has 0 bridgehead atoms. The molecule has 2 aliphatic heterocycles. The Labute approximate surface area is 187 Å². The monoisotopic (exact) mass is 425 g/mol. The normalized spacial score (nSPS) is 24.0. The van der Waals surface area contributed by atoms with Crippen molar-refractivity contribution in [2.45, 2.75) is 58.3 Å². The summed E-state index contributed by atoms with van der Waals surface area (Å²) in [6.07, 6.45) is 5.02. The molecule has 0 unspecified atom stereocenters. The molecule has 170 valence electrons. The molecule has 0 amide bonds. The zero-order valence-electron chi connectivity index (χ0n) is 19.3. The summed E-state index contributed by atoms with van der Waals surface area (Å²) in [5, 5.41) is 15.5. The maximum absolute atomic E-state index is 10.9. The smallest absolute Gasteiger partial charge is 0.0822 e. The fourth-order valence-corrected chi connectivity index (χ4v) is 5.12. The minimum absolute atomic E-state index is 0.268. The van der Waals surface area contributed by atoms with Crippen LogP contribution in [0.15, 0.2) is 36.5 Å². The maximum Gasteiger partial charge on any atom is 0.0822 e. The molecule has 2 saturated heterocycles. The van der Waals surface area contributed by atoms with Gasteiger partial charge < -0.3 is 10.0 Å². The summed E-state index contributed by atoms with van der Waals surface area (Å²) in [5.74, 6) is 0. The van der Waals surface area contributed by atoms with E-state index in [0.717, 1.165) is 78.2 Å². The Balaban J connectivity index is 1.21. The molecule has 6 heteroatoms. The van der Waals surface area contributed by atoms with Crippen LogP contribution >= 0.6 is 0 Å². The Morgan fingerprint density at radius 1 is 1.00 bits per heavy atom. The molecular weight excluding hydrogens is 386 g/mol. The lowest BCUT2D eigenvalue weighted by atomic mass is 9.98. The Kier molecular flexibility index (Phi) is 7.77. The Morgan fingerprint density at radius 3 is 2.48 bits per heavy atom. The van der Waals surface area contributed by atoms with E-state index in [1.807, 2.05) is 6.20 Å². The van der Waals surface area contributed by atoms with Gasteiger partial charge in [-0.05, 0) is 31.7 Å². The zero-order valence-corrected chi connectivity index (χ0v) is 19.3. The molecule has 1 aromatic carbocycles. The highest BCUT2D eigenvalue weighted by Crippen LogP contribution is 2.21. The molecule has 2 aliphatic rings. The predicted molar refractivity (Wildman–Crippen MR) is 125 cm³/mol. The number of aliphatic hydroxyl groups is 1. The van der Waals surface area contributed by atoms with Gasteiger partial charge in [-0.1, -0.05) is 37.3 Å². The molecule has 0 radical (unpaired) electrons. The first kappa shape index (κ1) is 22.5. The highest BCUT2D eigenvalue weighted by molar-refractivity contribution is 5.16.